The summed E-state index contributed by atoms with van der Waals surface area (Å²) >= 11 is 5.82. The SMILES string of the molecule is Cc1nc([C@H]2CCCN(Cc3ccc(Cl)nc3)C2)n[nH]1. The van der Waals surface area contributed by atoms with E-state index in [9.17, 15) is 0 Å². The minimum Gasteiger partial charge on any atom is -0.298 e. The van der Waals surface area contributed by atoms with Crippen LogP contribution in [0.3, 0.4) is 0 Å². The fraction of sp³-hybridized carbons (Fsp3) is 0.500. The largest absolute Gasteiger partial charge is 0.298 e. The van der Waals surface area contributed by atoms with Crippen LogP contribution >= 0.6 is 11.6 Å². The molecule has 6 heteroatoms. The van der Waals surface area contributed by atoms with Gasteiger partial charge >= 0.3 is 0 Å². The Morgan fingerprint density at radius 1 is 1.45 bits per heavy atom. The molecule has 1 fully saturated rings. The van der Waals surface area contributed by atoms with Gasteiger partial charge in [-0.1, -0.05) is 17.7 Å². The highest BCUT2D eigenvalue weighted by Gasteiger charge is 2.24. The van der Waals surface area contributed by atoms with E-state index in [1.165, 1.54) is 12.0 Å². The Bertz CT molecular complexity index is 565. The number of aryl methyl sites for hydroxylation is 1. The Balaban J connectivity index is 1.64. The molecule has 0 unspecified atom stereocenters. The van der Waals surface area contributed by atoms with Crippen molar-refractivity contribution in [3.63, 3.8) is 0 Å². The van der Waals surface area contributed by atoms with Crippen LogP contribution in [0.25, 0.3) is 0 Å². The van der Waals surface area contributed by atoms with E-state index in [0.717, 1.165) is 37.7 Å². The van der Waals surface area contributed by atoms with Crippen LogP contribution in [0, 0.1) is 6.92 Å². The highest BCUT2D eigenvalue weighted by atomic mass is 35.5. The maximum absolute atomic E-state index is 5.82. The number of pyridine rings is 1. The summed E-state index contributed by atoms with van der Waals surface area (Å²) in [5.74, 6) is 2.26. The zero-order valence-electron chi connectivity index (χ0n) is 11.5. The van der Waals surface area contributed by atoms with Gasteiger partial charge in [0.2, 0.25) is 0 Å². The predicted molar refractivity (Wildman–Crippen MR) is 77.6 cm³/mol. The topological polar surface area (TPSA) is 57.7 Å². The zero-order chi connectivity index (χ0) is 13.9. The number of hydrogen-bond acceptors (Lipinski definition) is 4. The van der Waals surface area contributed by atoms with Gasteiger partial charge in [0.15, 0.2) is 5.82 Å². The van der Waals surface area contributed by atoms with Crippen LogP contribution in [0.15, 0.2) is 18.3 Å². The van der Waals surface area contributed by atoms with Crippen molar-refractivity contribution in [3.8, 4) is 0 Å². The van der Waals surface area contributed by atoms with E-state index in [0.29, 0.717) is 11.1 Å². The highest BCUT2D eigenvalue weighted by molar-refractivity contribution is 6.29. The van der Waals surface area contributed by atoms with E-state index in [2.05, 4.69) is 25.1 Å². The average molecular weight is 292 g/mol. The number of hydrogen-bond donors (Lipinski definition) is 1. The Kier molecular flexibility index (Phi) is 3.98. The summed E-state index contributed by atoms with van der Waals surface area (Å²) in [6.45, 7) is 4.96. The minimum absolute atomic E-state index is 0.425. The fourth-order valence-electron chi connectivity index (χ4n) is 2.71. The summed E-state index contributed by atoms with van der Waals surface area (Å²) in [6, 6.07) is 3.88. The van der Waals surface area contributed by atoms with Gasteiger partial charge in [0.05, 0.1) is 0 Å². The number of halogens is 1. The third-order valence-corrected chi connectivity index (χ3v) is 3.90. The summed E-state index contributed by atoms with van der Waals surface area (Å²) in [7, 11) is 0. The molecule has 3 rings (SSSR count). The summed E-state index contributed by atoms with van der Waals surface area (Å²) in [5.41, 5.74) is 1.20. The van der Waals surface area contributed by atoms with Crippen molar-refractivity contribution in [2.24, 2.45) is 0 Å². The zero-order valence-corrected chi connectivity index (χ0v) is 12.3. The first-order chi connectivity index (χ1) is 9.70. The first-order valence-corrected chi connectivity index (χ1v) is 7.30. The first-order valence-electron chi connectivity index (χ1n) is 6.92. The van der Waals surface area contributed by atoms with Crippen molar-refractivity contribution in [2.75, 3.05) is 13.1 Å². The average Bonchev–Trinajstić information content (AvgIpc) is 2.89. The Morgan fingerprint density at radius 3 is 3.05 bits per heavy atom. The first kappa shape index (κ1) is 13.5. The maximum atomic E-state index is 5.82. The van der Waals surface area contributed by atoms with Crippen molar-refractivity contribution in [1.29, 1.82) is 0 Å². The van der Waals surface area contributed by atoms with E-state index in [1.807, 2.05) is 25.3 Å². The lowest BCUT2D eigenvalue weighted by atomic mass is 9.97. The summed E-state index contributed by atoms with van der Waals surface area (Å²) in [4.78, 5) is 11.0. The molecule has 1 N–H and O–H groups in total. The number of aromatic nitrogens is 4. The van der Waals surface area contributed by atoms with Crippen LogP contribution in [-0.4, -0.2) is 38.2 Å². The molecule has 1 aliphatic heterocycles. The van der Waals surface area contributed by atoms with Crippen molar-refractivity contribution < 1.29 is 0 Å². The molecule has 106 valence electrons. The molecule has 1 atom stereocenters. The molecule has 0 aromatic carbocycles. The number of nitrogens with zero attached hydrogens (tertiary/aromatic N) is 4. The van der Waals surface area contributed by atoms with E-state index in [1.54, 1.807) is 0 Å². The van der Waals surface area contributed by atoms with Gasteiger partial charge in [-0.2, -0.15) is 5.10 Å². The molecule has 20 heavy (non-hydrogen) atoms. The molecule has 2 aromatic heterocycles. The van der Waals surface area contributed by atoms with E-state index in [-0.39, 0.29) is 0 Å². The number of likely N-dealkylation sites (tertiary alicyclic amines) is 1. The lowest BCUT2D eigenvalue weighted by Crippen LogP contribution is -2.34. The third kappa shape index (κ3) is 3.16. The van der Waals surface area contributed by atoms with Gasteiger partial charge < -0.3 is 0 Å². The molecule has 2 aromatic rings. The summed E-state index contributed by atoms with van der Waals surface area (Å²) in [6.07, 6.45) is 4.19. The van der Waals surface area contributed by atoms with Crippen LogP contribution < -0.4 is 0 Å². The van der Waals surface area contributed by atoms with Crippen LogP contribution in [0.5, 0.6) is 0 Å². The van der Waals surface area contributed by atoms with Gasteiger partial charge in [-0.3, -0.25) is 10.00 Å². The summed E-state index contributed by atoms with van der Waals surface area (Å²) < 4.78 is 0. The van der Waals surface area contributed by atoms with Crippen molar-refractivity contribution in [3.05, 3.63) is 40.7 Å². The number of H-pyrrole nitrogens is 1. The standard InChI is InChI=1S/C14H18ClN5/c1-10-17-14(19-18-10)12-3-2-6-20(9-12)8-11-4-5-13(15)16-7-11/h4-5,7,12H,2-3,6,8-9H2,1H3,(H,17,18,19)/t12-/m0/s1. The molecule has 3 heterocycles. The third-order valence-electron chi connectivity index (χ3n) is 3.68. The van der Waals surface area contributed by atoms with Crippen molar-refractivity contribution >= 4 is 11.6 Å². The number of rotatable bonds is 3. The van der Waals surface area contributed by atoms with Gasteiger partial charge in [0.25, 0.3) is 0 Å². The van der Waals surface area contributed by atoms with Gasteiger partial charge in [0, 0.05) is 25.2 Å². The molecule has 1 aliphatic rings. The molecule has 1 saturated heterocycles. The van der Waals surface area contributed by atoms with Crippen LogP contribution in [0.4, 0.5) is 0 Å². The van der Waals surface area contributed by atoms with Crippen molar-refractivity contribution in [1.82, 2.24) is 25.1 Å². The van der Waals surface area contributed by atoms with Crippen molar-refractivity contribution in [2.45, 2.75) is 32.2 Å². The molecule has 0 spiro atoms. The Hall–Kier alpha value is -1.46. The second kappa shape index (κ2) is 5.89. The molecule has 0 aliphatic carbocycles. The predicted octanol–water partition coefficient (Wildman–Crippen LogP) is 2.54. The van der Waals surface area contributed by atoms with E-state index in [4.69, 9.17) is 11.6 Å². The molecule has 0 radical (unpaired) electrons. The quantitative estimate of drug-likeness (QED) is 0.883. The minimum atomic E-state index is 0.425. The van der Waals surface area contributed by atoms with Gasteiger partial charge in [-0.05, 0) is 37.9 Å². The molecule has 0 bridgehead atoms. The Labute approximate surface area is 123 Å². The maximum Gasteiger partial charge on any atom is 0.155 e. The van der Waals surface area contributed by atoms with Gasteiger partial charge in [0.1, 0.15) is 11.0 Å². The second-order valence-corrected chi connectivity index (χ2v) is 5.73. The second-order valence-electron chi connectivity index (χ2n) is 5.34. The lowest BCUT2D eigenvalue weighted by Gasteiger charge is -2.31. The van der Waals surface area contributed by atoms with Gasteiger partial charge in [-0.15, -0.1) is 0 Å². The van der Waals surface area contributed by atoms with Crippen LogP contribution in [-0.2, 0) is 6.54 Å². The van der Waals surface area contributed by atoms with Crippen LogP contribution in [0.1, 0.15) is 36.0 Å². The molecule has 5 nitrogen and oxygen atoms in total. The van der Waals surface area contributed by atoms with Crippen LogP contribution in [0.2, 0.25) is 5.15 Å². The Morgan fingerprint density at radius 2 is 2.35 bits per heavy atom. The molecule has 0 amide bonds. The van der Waals surface area contributed by atoms with E-state index < -0.39 is 0 Å². The monoisotopic (exact) mass is 291 g/mol. The lowest BCUT2D eigenvalue weighted by molar-refractivity contribution is 0.196. The fourth-order valence-corrected chi connectivity index (χ4v) is 2.82. The highest BCUT2D eigenvalue weighted by Crippen LogP contribution is 2.25. The smallest absolute Gasteiger partial charge is 0.155 e. The molecular formula is C14H18ClN5. The number of aromatic amines is 1. The summed E-state index contributed by atoms with van der Waals surface area (Å²) in [5, 5.41) is 7.78. The molecular weight excluding hydrogens is 274 g/mol. The molecule has 0 saturated carbocycles. The number of nitrogens with one attached hydrogen (secondary N) is 1. The number of piperidine rings is 1. The normalized spacial score (nSPS) is 20.2. The van der Waals surface area contributed by atoms with E-state index >= 15 is 0 Å². The van der Waals surface area contributed by atoms with Gasteiger partial charge in [-0.25, -0.2) is 9.97 Å².